The highest BCUT2D eigenvalue weighted by Gasteiger charge is 2.17. The Labute approximate surface area is 125 Å². The molecule has 0 saturated carbocycles. The molecule has 1 heterocycles. The molecule has 8 heteroatoms. The number of methoxy groups -OCH3 is 2. The summed E-state index contributed by atoms with van der Waals surface area (Å²) in [4.78, 5) is 11.7. The van der Waals surface area contributed by atoms with E-state index >= 15 is 0 Å². The summed E-state index contributed by atoms with van der Waals surface area (Å²) in [5.41, 5.74) is 0.550. The monoisotopic (exact) mass is 304 g/mol. The second-order valence-electron chi connectivity index (χ2n) is 4.23. The molecule has 0 bridgehead atoms. The lowest BCUT2D eigenvalue weighted by Gasteiger charge is -2.12. The van der Waals surface area contributed by atoms with Crippen molar-refractivity contribution in [1.29, 1.82) is 5.26 Å². The molecule has 0 saturated heterocycles. The summed E-state index contributed by atoms with van der Waals surface area (Å²) in [6, 6.07) is 5.78. The fourth-order valence-electron chi connectivity index (χ4n) is 1.86. The van der Waals surface area contributed by atoms with Crippen molar-refractivity contribution in [3.8, 4) is 17.5 Å². The minimum atomic E-state index is -0.474. The molecule has 0 unspecified atom stereocenters. The van der Waals surface area contributed by atoms with Crippen LogP contribution in [0.1, 0.15) is 5.56 Å². The van der Waals surface area contributed by atoms with Crippen molar-refractivity contribution in [2.75, 3.05) is 26.1 Å². The molecule has 7 nitrogen and oxygen atoms in total. The van der Waals surface area contributed by atoms with Crippen LogP contribution in [0.15, 0.2) is 24.4 Å². The lowest BCUT2D eigenvalue weighted by Crippen LogP contribution is -2.20. The van der Waals surface area contributed by atoms with Gasteiger partial charge in [-0.1, -0.05) is 0 Å². The number of hydrogen-bond acceptors (Lipinski definition) is 5. The van der Waals surface area contributed by atoms with E-state index in [-0.39, 0.29) is 23.7 Å². The van der Waals surface area contributed by atoms with E-state index in [0.29, 0.717) is 5.69 Å². The van der Waals surface area contributed by atoms with E-state index in [2.05, 4.69) is 10.4 Å². The first kappa shape index (κ1) is 15.5. The normalized spacial score (nSPS) is 10.1. The number of carbonyl (C=O) groups excluding carboxylic acids is 1. The first-order valence-corrected chi connectivity index (χ1v) is 6.21. The third kappa shape index (κ3) is 3.05. The molecule has 22 heavy (non-hydrogen) atoms. The predicted molar refractivity (Wildman–Crippen MR) is 75.3 cm³/mol. The van der Waals surface area contributed by atoms with Gasteiger partial charge in [-0.25, -0.2) is 9.07 Å². The SMILES string of the molecule is COCC(=O)Nc1c(C#N)cnn1-c1ccc(F)cc1OC. The van der Waals surface area contributed by atoms with Gasteiger partial charge < -0.3 is 14.8 Å². The highest BCUT2D eigenvalue weighted by Crippen LogP contribution is 2.27. The molecule has 114 valence electrons. The summed E-state index contributed by atoms with van der Waals surface area (Å²) >= 11 is 0. The molecule has 0 fully saturated rings. The van der Waals surface area contributed by atoms with Gasteiger partial charge in [0.1, 0.15) is 35.5 Å². The van der Waals surface area contributed by atoms with Crippen molar-refractivity contribution >= 4 is 11.7 Å². The summed E-state index contributed by atoms with van der Waals surface area (Å²) in [6.45, 7) is -0.170. The molecular weight excluding hydrogens is 291 g/mol. The van der Waals surface area contributed by atoms with Crippen LogP contribution < -0.4 is 10.1 Å². The summed E-state index contributed by atoms with van der Waals surface area (Å²) in [7, 11) is 2.77. The fraction of sp³-hybridized carbons (Fsp3) is 0.214. The molecule has 1 N–H and O–H groups in total. The summed E-state index contributed by atoms with van der Waals surface area (Å²) in [6.07, 6.45) is 1.30. The smallest absolute Gasteiger partial charge is 0.251 e. The first-order valence-electron chi connectivity index (χ1n) is 6.21. The number of anilines is 1. The molecule has 1 aromatic heterocycles. The Balaban J connectivity index is 2.50. The highest BCUT2D eigenvalue weighted by atomic mass is 19.1. The molecule has 0 aliphatic heterocycles. The maximum atomic E-state index is 13.3. The van der Waals surface area contributed by atoms with E-state index in [1.807, 2.05) is 6.07 Å². The van der Waals surface area contributed by atoms with Gasteiger partial charge in [0.2, 0.25) is 0 Å². The molecule has 2 rings (SSSR count). The summed E-state index contributed by atoms with van der Waals surface area (Å²) < 4.78 is 24.4. The lowest BCUT2D eigenvalue weighted by molar-refractivity contribution is -0.119. The quantitative estimate of drug-likeness (QED) is 0.903. The van der Waals surface area contributed by atoms with Crippen LogP contribution in [0.2, 0.25) is 0 Å². The van der Waals surface area contributed by atoms with E-state index in [1.165, 1.54) is 43.3 Å². The number of rotatable bonds is 5. The molecule has 2 aromatic rings. The largest absolute Gasteiger partial charge is 0.494 e. The number of hydrogen-bond donors (Lipinski definition) is 1. The number of benzene rings is 1. The van der Waals surface area contributed by atoms with Crippen molar-refractivity contribution in [2.45, 2.75) is 0 Å². The zero-order valence-corrected chi connectivity index (χ0v) is 12.0. The summed E-state index contributed by atoms with van der Waals surface area (Å²) in [5, 5.41) is 15.7. The van der Waals surface area contributed by atoms with Crippen molar-refractivity contribution < 1.29 is 18.7 Å². The van der Waals surface area contributed by atoms with Gasteiger partial charge in [-0.2, -0.15) is 10.4 Å². The maximum Gasteiger partial charge on any atom is 0.251 e. The van der Waals surface area contributed by atoms with Crippen LogP contribution >= 0.6 is 0 Å². The topological polar surface area (TPSA) is 89.2 Å². The number of aromatic nitrogens is 2. The number of nitrogens with zero attached hydrogens (tertiary/aromatic N) is 3. The van der Waals surface area contributed by atoms with Gasteiger partial charge >= 0.3 is 0 Å². The van der Waals surface area contributed by atoms with Crippen molar-refractivity contribution in [3.63, 3.8) is 0 Å². The average molecular weight is 304 g/mol. The van der Waals surface area contributed by atoms with E-state index in [4.69, 9.17) is 14.7 Å². The van der Waals surface area contributed by atoms with Crippen molar-refractivity contribution in [1.82, 2.24) is 9.78 Å². The Bertz CT molecular complexity index is 736. The van der Waals surface area contributed by atoms with Crippen LogP contribution in [-0.2, 0) is 9.53 Å². The van der Waals surface area contributed by atoms with Crippen LogP contribution in [0, 0.1) is 17.1 Å². The second kappa shape index (κ2) is 6.69. The Morgan fingerprint density at radius 1 is 1.50 bits per heavy atom. The van der Waals surface area contributed by atoms with Gasteiger partial charge in [-0.15, -0.1) is 0 Å². The molecule has 0 spiro atoms. The third-order valence-electron chi connectivity index (χ3n) is 2.79. The number of nitriles is 1. The predicted octanol–water partition coefficient (Wildman–Crippen LogP) is 1.48. The van der Waals surface area contributed by atoms with Gasteiger partial charge in [0, 0.05) is 13.2 Å². The zero-order chi connectivity index (χ0) is 16.1. The number of ether oxygens (including phenoxy) is 2. The van der Waals surface area contributed by atoms with E-state index in [0.717, 1.165) is 0 Å². The van der Waals surface area contributed by atoms with Gasteiger partial charge in [-0.05, 0) is 12.1 Å². The maximum absolute atomic E-state index is 13.3. The van der Waals surface area contributed by atoms with Gasteiger partial charge in [0.15, 0.2) is 5.82 Å². The lowest BCUT2D eigenvalue weighted by atomic mass is 10.2. The first-order chi connectivity index (χ1) is 10.6. The molecule has 0 radical (unpaired) electrons. The Morgan fingerprint density at radius 2 is 2.27 bits per heavy atom. The minimum Gasteiger partial charge on any atom is -0.494 e. The van der Waals surface area contributed by atoms with Crippen LogP contribution in [0.25, 0.3) is 5.69 Å². The van der Waals surface area contributed by atoms with Crippen LogP contribution in [0.4, 0.5) is 10.2 Å². The molecule has 0 atom stereocenters. The zero-order valence-electron chi connectivity index (χ0n) is 12.0. The Morgan fingerprint density at radius 3 is 2.91 bits per heavy atom. The van der Waals surface area contributed by atoms with Crippen LogP contribution in [0.3, 0.4) is 0 Å². The van der Waals surface area contributed by atoms with Crippen LogP contribution in [0.5, 0.6) is 5.75 Å². The van der Waals surface area contributed by atoms with Crippen molar-refractivity contribution in [2.24, 2.45) is 0 Å². The fourth-order valence-corrected chi connectivity index (χ4v) is 1.86. The molecule has 0 aliphatic rings. The van der Waals surface area contributed by atoms with Gasteiger partial charge in [-0.3, -0.25) is 4.79 Å². The number of carbonyl (C=O) groups is 1. The highest BCUT2D eigenvalue weighted by molar-refractivity contribution is 5.92. The van der Waals surface area contributed by atoms with Crippen molar-refractivity contribution in [3.05, 3.63) is 35.8 Å². The van der Waals surface area contributed by atoms with E-state index in [1.54, 1.807) is 0 Å². The van der Waals surface area contributed by atoms with E-state index < -0.39 is 11.7 Å². The number of nitrogens with one attached hydrogen (secondary N) is 1. The van der Waals surface area contributed by atoms with Crippen LogP contribution in [-0.4, -0.2) is 36.5 Å². The number of amides is 1. The third-order valence-corrected chi connectivity index (χ3v) is 2.79. The van der Waals surface area contributed by atoms with Gasteiger partial charge in [0.25, 0.3) is 5.91 Å². The van der Waals surface area contributed by atoms with E-state index in [9.17, 15) is 9.18 Å². The Kier molecular flexibility index (Phi) is 4.70. The van der Waals surface area contributed by atoms with Gasteiger partial charge in [0.05, 0.1) is 13.3 Å². The molecule has 1 aromatic carbocycles. The minimum absolute atomic E-state index is 0.162. The molecule has 1 amide bonds. The molecular formula is C14H13FN4O3. The number of halogens is 1. The summed E-state index contributed by atoms with van der Waals surface area (Å²) in [5.74, 6) is -0.538. The molecule has 0 aliphatic carbocycles. The average Bonchev–Trinajstić information content (AvgIpc) is 2.89. The second-order valence-corrected chi connectivity index (χ2v) is 4.23. The Hall–Kier alpha value is -2.92. The standard InChI is InChI=1S/C14H13FN4O3/c1-21-8-13(20)18-14-9(6-16)7-17-19(14)11-4-3-10(15)5-12(11)22-2/h3-5,7H,8H2,1-2H3,(H,18,20).